The first kappa shape index (κ1) is 15.0. The van der Waals surface area contributed by atoms with Crippen LogP contribution in [0.5, 0.6) is 11.5 Å². The number of rotatable bonds is 6. The van der Waals surface area contributed by atoms with Crippen molar-refractivity contribution < 1.29 is 14.6 Å². The minimum absolute atomic E-state index is 0.0601. The van der Waals surface area contributed by atoms with Crippen molar-refractivity contribution in [3.05, 3.63) is 53.9 Å². The number of aliphatic hydroxyl groups is 1. The predicted molar refractivity (Wildman–Crippen MR) is 79.5 cm³/mol. The number of benzene rings is 1. The van der Waals surface area contributed by atoms with Crippen molar-refractivity contribution in [1.82, 2.24) is 10.3 Å². The van der Waals surface area contributed by atoms with Gasteiger partial charge < -0.3 is 15.2 Å². The number of aromatic nitrogens is 1. The van der Waals surface area contributed by atoms with Crippen LogP contribution in [0, 0.1) is 6.92 Å². The highest BCUT2D eigenvalue weighted by Crippen LogP contribution is 2.25. The standard InChI is InChI=1S/C16H18N2O3/c1-12-3-4-13(16(20)18-7-2-10-19)11-15(12)21-14-5-8-17-9-6-14/h3-6,8-9,11,19H,2,7,10H2,1H3,(H,18,20). The second-order valence-corrected chi connectivity index (χ2v) is 4.60. The summed E-state index contributed by atoms with van der Waals surface area (Å²) in [6, 6.07) is 8.82. The molecule has 110 valence electrons. The quantitative estimate of drug-likeness (QED) is 0.799. The molecule has 21 heavy (non-hydrogen) atoms. The molecule has 0 aliphatic heterocycles. The van der Waals surface area contributed by atoms with Crippen molar-refractivity contribution in [1.29, 1.82) is 0 Å². The number of aryl methyl sites for hydroxylation is 1. The summed E-state index contributed by atoms with van der Waals surface area (Å²) in [7, 11) is 0. The average Bonchev–Trinajstić information content (AvgIpc) is 2.50. The lowest BCUT2D eigenvalue weighted by Gasteiger charge is -2.10. The number of amides is 1. The molecule has 0 fully saturated rings. The Morgan fingerprint density at radius 1 is 1.29 bits per heavy atom. The molecule has 0 radical (unpaired) electrons. The maximum Gasteiger partial charge on any atom is 0.251 e. The van der Waals surface area contributed by atoms with Gasteiger partial charge in [-0.1, -0.05) is 6.07 Å². The van der Waals surface area contributed by atoms with Crippen molar-refractivity contribution in [3.8, 4) is 11.5 Å². The SMILES string of the molecule is Cc1ccc(C(=O)NCCCO)cc1Oc1ccncc1. The third kappa shape index (κ3) is 4.29. The molecule has 0 aliphatic carbocycles. The van der Waals surface area contributed by atoms with Crippen molar-refractivity contribution in [2.75, 3.05) is 13.2 Å². The van der Waals surface area contributed by atoms with Gasteiger partial charge in [-0.05, 0) is 43.2 Å². The highest BCUT2D eigenvalue weighted by molar-refractivity contribution is 5.94. The molecular weight excluding hydrogens is 268 g/mol. The van der Waals surface area contributed by atoms with Gasteiger partial charge in [-0.25, -0.2) is 0 Å². The van der Waals surface area contributed by atoms with Gasteiger partial charge in [0.2, 0.25) is 0 Å². The highest BCUT2D eigenvalue weighted by Gasteiger charge is 2.09. The van der Waals surface area contributed by atoms with Gasteiger partial charge in [0.1, 0.15) is 11.5 Å². The smallest absolute Gasteiger partial charge is 0.251 e. The fourth-order valence-corrected chi connectivity index (χ4v) is 1.77. The maximum atomic E-state index is 12.0. The fraction of sp³-hybridized carbons (Fsp3) is 0.250. The van der Waals surface area contributed by atoms with Gasteiger partial charge in [0, 0.05) is 31.1 Å². The molecule has 1 aromatic heterocycles. The zero-order chi connectivity index (χ0) is 15.1. The summed E-state index contributed by atoms with van der Waals surface area (Å²) in [6.07, 6.45) is 3.84. The molecule has 0 saturated carbocycles. The molecule has 1 heterocycles. The monoisotopic (exact) mass is 286 g/mol. The van der Waals surface area contributed by atoms with E-state index < -0.39 is 0 Å². The van der Waals surface area contributed by atoms with Gasteiger partial charge in [-0.15, -0.1) is 0 Å². The van der Waals surface area contributed by atoms with Crippen LogP contribution in [0.15, 0.2) is 42.7 Å². The number of carbonyl (C=O) groups is 1. The first-order chi connectivity index (χ1) is 10.2. The largest absolute Gasteiger partial charge is 0.457 e. The van der Waals surface area contributed by atoms with E-state index in [0.29, 0.717) is 30.0 Å². The number of aliphatic hydroxyl groups excluding tert-OH is 1. The second kappa shape index (κ2) is 7.40. The normalized spacial score (nSPS) is 10.2. The van der Waals surface area contributed by atoms with Gasteiger partial charge in [-0.2, -0.15) is 0 Å². The fourth-order valence-electron chi connectivity index (χ4n) is 1.77. The van der Waals surface area contributed by atoms with Crippen molar-refractivity contribution in [3.63, 3.8) is 0 Å². The lowest BCUT2D eigenvalue weighted by Crippen LogP contribution is -2.25. The van der Waals surface area contributed by atoms with E-state index in [2.05, 4.69) is 10.3 Å². The Morgan fingerprint density at radius 3 is 2.76 bits per heavy atom. The summed E-state index contributed by atoms with van der Waals surface area (Å²) < 4.78 is 5.77. The molecule has 5 nitrogen and oxygen atoms in total. The Labute approximate surface area is 123 Å². The second-order valence-electron chi connectivity index (χ2n) is 4.60. The first-order valence-corrected chi connectivity index (χ1v) is 6.78. The number of hydrogen-bond donors (Lipinski definition) is 2. The highest BCUT2D eigenvalue weighted by atomic mass is 16.5. The average molecular weight is 286 g/mol. The van der Waals surface area contributed by atoms with Crippen LogP contribution in [0.4, 0.5) is 0 Å². The Morgan fingerprint density at radius 2 is 2.05 bits per heavy atom. The summed E-state index contributed by atoms with van der Waals surface area (Å²) in [5.41, 5.74) is 1.47. The third-order valence-electron chi connectivity index (χ3n) is 2.95. The molecule has 1 aromatic carbocycles. The maximum absolute atomic E-state index is 12.0. The number of nitrogens with zero attached hydrogens (tertiary/aromatic N) is 1. The summed E-state index contributed by atoms with van der Waals surface area (Å²) >= 11 is 0. The first-order valence-electron chi connectivity index (χ1n) is 6.78. The van der Waals surface area contributed by atoms with Crippen LogP contribution in [-0.4, -0.2) is 29.1 Å². The number of hydrogen-bond acceptors (Lipinski definition) is 4. The minimum Gasteiger partial charge on any atom is -0.457 e. The summed E-state index contributed by atoms with van der Waals surface area (Å²) in [5, 5.41) is 11.5. The Hall–Kier alpha value is -2.40. The minimum atomic E-state index is -0.178. The van der Waals surface area contributed by atoms with E-state index in [1.54, 1.807) is 36.7 Å². The van der Waals surface area contributed by atoms with Gasteiger partial charge in [0.25, 0.3) is 5.91 Å². The molecule has 0 saturated heterocycles. The molecule has 0 spiro atoms. The third-order valence-corrected chi connectivity index (χ3v) is 2.95. The van der Waals surface area contributed by atoms with E-state index in [9.17, 15) is 4.79 Å². The molecule has 2 N–H and O–H groups in total. The van der Waals surface area contributed by atoms with Crippen molar-refractivity contribution in [2.45, 2.75) is 13.3 Å². The molecular formula is C16H18N2O3. The van der Waals surface area contributed by atoms with Gasteiger partial charge >= 0.3 is 0 Å². The van der Waals surface area contributed by atoms with E-state index in [1.165, 1.54) is 0 Å². The van der Waals surface area contributed by atoms with Gasteiger partial charge in [-0.3, -0.25) is 9.78 Å². The molecule has 2 rings (SSSR count). The number of nitrogens with one attached hydrogen (secondary N) is 1. The molecule has 0 aliphatic rings. The van der Waals surface area contributed by atoms with Crippen LogP contribution >= 0.6 is 0 Å². The van der Waals surface area contributed by atoms with Crippen LogP contribution in [0.1, 0.15) is 22.3 Å². The summed E-state index contributed by atoms with van der Waals surface area (Å²) in [4.78, 5) is 15.9. The van der Waals surface area contributed by atoms with Gasteiger partial charge in [0.05, 0.1) is 0 Å². The molecule has 0 unspecified atom stereocenters. The zero-order valence-electron chi connectivity index (χ0n) is 11.9. The van der Waals surface area contributed by atoms with E-state index in [0.717, 1.165) is 5.56 Å². The number of carbonyl (C=O) groups excluding carboxylic acids is 1. The summed E-state index contributed by atoms with van der Waals surface area (Å²) in [5.74, 6) is 1.13. The number of ether oxygens (including phenoxy) is 1. The van der Waals surface area contributed by atoms with Gasteiger partial charge in [0.15, 0.2) is 0 Å². The molecule has 0 bridgehead atoms. The van der Waals surface area contributed by atoms with Crippen molar-refractivity contribution >= 4 is 5.91 Å². The lowest BCUT2D eigenvalue weighted by molar-refractivity contribution is 0.0951. The molecule has 0 atom stereocenters. The van der Waals surface area contributed by atoms with E-state index >= 15 is 0 Å². The van der Waals surface area contributed by atoms with E-state index in [-0.39, 0.29) is 12.5 Å². The van der Waals surface area contributed by atoms with Crippen LogP contribution in [-0.2, 0) is 0 Å². The predicted octanol–water partition coefficient (Wildman–Crippen LogP) is 2.29. The van der Waals surface area contributed by atoms with Crippen LogP contribution < -0.4 is 10.1 Å². The molecule has 2 aromatic rings. The Balaban J connectivity index is 2.11. The Kier molecular flexibility index (Phi) is 5.29. The zero-order valence-corrected chi connectivity index (χ0v) is 11.9. The van der Waals surface area contributed by atoms with Crippen LogP contribution in [0.2, 0.25) is 0 Å². The Bertz CT molecular complexity index is 600. The number of pyridine rings is 1. The molecule has 5 heteroatoms. The van der Waals surface area contributed by atoms with Crippen LogP contribution in [0.3, 0.4) is 0 Å². The van der Waals surface area contributed by atoms with E-state index in [1.807, 2.05) is 13.0 Å². The van der Waals surface area contributed by atoms with E-state index in [4.69, 9.17) is 9.84 Å². The molecule has 1 amide bonds. The van der Waals surface area contributed by atoms with Crippen LogP contribution in [0.25, 0.3) is 0 Å². The van der Waals surface area contributed by atoms with Crippen molar-refractivity contribution in [2.24, 2.45) is 0 Å². The topological polar surface area (TPSA) is 71.5 Å². The lowest BCUT2D eigenvalue weighted by atomic mass is 10.1. The summed E-state index contributed by atoms with van der Waals surface area (Å²) in [6.45, 7) is 2.43.